The van der Waals surface area contributed by atoms with Crippen molar-refractivity contribution in [2.75, 3.05) is 24.2 Å². The van der Waals surface area contributed by atoms with E-state index in [0.29, 0.717) is 5.82 Å². The predicted molar refractivity (Wildman–Crippen MR) is 82.2 cm³/mol. The van der Waals surface area contributed by atoms with Crippen molar-refractivity contribution >= 4 is 17.5 Å². The minimum atomic E-state index is -0.344. The van der Waals surface area contributed by atoms with Gasteiger partial charge in [0.1, 0.15) is 23.5 Å². The molecule has 20 heavy (non-hydrogen) atoms. The van der Waals surface area contributed by atoms with E-state index in [1.54, 1.807) is 7.05 Å². The Balaban J connectivity index is 3.13. The molecule has 1 amide bonds. The zero-order valence-corrected chi connectivity index (χ0v) is 13.2. The molecule has 0 aliphatic carbocycles. The highest BCUT2D eigenvalue weighted by Gasteiger charge is 2.17. The Kier molecular flexibility index (Phi) is 5.73. The first kappa shape index (κ1) is 16.2. The number of nitrogens with zero attached hydrogens (tertiary/aromatic N) is 2. The molecule has 0 aliphatic rings. The smallest absolute Gasteiger partial charge is 0.241 e. The summed E-state index contributed by atoms with van der Waals surface area (Å²) in [4.78, 5) is 20.7. The summed E-state index contributed by atoms with van der Waals surface area (Å²) in [7, 11) is 1.62. The first-order valence-corrected chi connectivity index (χ1v) is 7.01. The lowest BCUT2D eigenvalue weighted by Gasteiger charge is -2.18. The molecule has 0 fully saturated rings. The van der Waals surface area contributed by atoms with Gasteiger partial charge in [0.15, 0.2) is 0 Å². The number of carbonyl (C=O) groups excluding carboxylic acids is 1. The van der Waals surface area contributed by atoms with Crippen LogP contribution >= 0.6 is 0 Å². The van der Waals surface area contributed by atoms with Gasteiger partial charge in [0, 0.05) is 25.1 Å². The largest absolute Gasteiger partial charge is 0.370 e. The number of carbonyl (C=O) groups is 1. The fourth-order valence-electron chi connectivity index (χ4n) is 1.76. The maximum absolute atomic E-state index is 11.6. The number of amides is 1. The topological polar surface area (TPSA) is 78.9 Å². The predicted octanol–water partition coefficient (Wildman–Crippen LogP) is 1.89. The van der Waals surface area contributed by atoms with Crippen LogP contribution in [0.25, 0.3) is 0 Å². The molecule has 112 valence electrons. The van der Waals surface area contributed by atoms with Crippen LogP contribution in [0.15, 0.2) is 0 Å². The van der Waals surface area contributed by atoms with E-state index in [0.717, 1.165) is 23.8 Å². The van der Waals surface area contributed by atoms with Gasteiger partial charge in [-0.15, -0.1) is 0 Å². The summed E-state index contributed by atoms with van der Waals surface area (Å²) in [6.07, 6.45) is 0. The molecule has 1 heterocycles. The van der Waals surface area contributed by atoms with Crippen molar-refractivity contribution in [2.24, 2.45) is 0 Å². The van der Waals surface area contributed by atoms with E-state index >= 15 is 0 Å². The molecule has 1 aromatic rings. The average molecular weight is 279 g/mol. The molecule has 0 spiro atoms. The van der Waals surface area contributed by atoms with E-state index in [9.17, 15) is 4.79 Å². The van der Waals surface area contributed by atoms with Crippen molar-refractivity contribution in [1.82, 2.24) is 15.3 Å². The number of nitrogens with one attached hydrogen (secondary N) is 3. The first-order chi connectivity index (χ1) is 9.40. The Morgan fingerprint density at radius 3 is 2.30 bits per heavy atom. The SMILES string of the molecule is CCNc1nc(C(C)C)nc(NC(C)C(=O)NC)c1C. The van der Waals surface area contributed by atoms with E-state index in [1.165, 1.54) is 0 Å². The van der Waals surface area contributed by atoms with Gasteiger partial charge in [0.25, 0.3) is 0 Å². The van der Waals surface area contributed by atoms with Gasteiger partial charge in [-0.05, 0) is 20.8 Å². The van der Waals surface area contributed by atoms with Gasteiger partial charge in [0.2, 0.25) is 5.91 Å². The molecular formula is C14H25N5O. The third-order valence-electron chi connectivity index (χ3n) is 3.02. The number of rotatable bonds is 6. The third-order valence-corrected chi connectivity index (χ3v) is 3.02. The minimum Gasteiger partial charge on any atom is -0.370 e. The van der Waals surface area contributed by atoms with Crippen molar-refractivity contribution in [3.05, 3.63) is 11.4 Å². The normalized spacial score (nSPS) is 12.2. The molecular weight excluding hydrogens is 254 g/mol. The maximum Gasteiger partial charge on any atom is 0.241 e. The zero-order chi connectivity index (χ0) is 15.3. The molecule has 0 aromatic carbocycles. The molecule has 6 nitrogen and oxygen atoms in total. The van der Waals surface area contributed by atoms with Gasteiger partial charge in [0.05, 0.1) is 0 Å². The molecule has 0 bridgehead atoms. The molecule has 1 rings (SSSR count). The summed E-state index contributed by atoms with van der Waals surface area (Å²) in [5, 5.41) is 9.01. The van der Waals surface area contributed by atoms with Crippen LogP contribution < -0.4 is 16.0 Å². The van der Waals surface area contributed by atoms with Crippen LogP contribution in [-0.4, -0.2) is 35.5 Å². The van der Waals surface area contributed by atoms with Crippen LogP contribution in [0.2, 0.25) is 0 Å². The van der Waals surface area contributed by atoms with Crippen LogP contribution in [0.3, 0.4) is 0 Å². The van der Waals surface area contributed by atoms with Gasteiger partial charge in [-0.3, -0.25) is 4.79 Å². The van der Waals surface area contributed by atoms with Crippen LogP contribution in [-0.2, 0) is 4.79 Å². The van der Waals surface area contributed by atoms with Gasteiger partial charge in [-0.2, -0.15) is 0 Å². The summed E-state index contributed by atoms with van der Waals surface area (Å²) in [5.74, 6) is 2.44. The van der Waals surface area contributed by atoms with Gasteiger partial charge in [-0.25, -0.2) is 9.97 Å². The lowest BCUT2D eigenvalue weighted by Crippen LogP contribution is -2.35. The van der Waals surface area contributed by atoms with Crippen molar-refractivity contribution in [2.45, 2.75) is 46.6 Å². The van der Waals surface area contributed by atoms with Gasteiger partial charge >= 0.3 is 0 Å². The zero-order valence-electron chi connectivity index (χ0n) is 13.2. The van der Waals surface area contributed by atoms with Crippen LogP contribution in [0.1, 0.15) is 45.0 Å². The molecule has 0 saturated carbocycles. The van der Waals surface area contributed by atoms with Gasteiger partial charge < -0.3 is 16.0 Å². The number of likely N-dealkylation sites (N-methyl/N-ethyl adjacent to an activating group) is 1. The van der Waals surface area contributed by atoms with Crippen molar-refractivity contribution in [3.8, 4) is 0 Å². The lowest BCUT2D eigenvalue weighted by molar-refractivity contribution is -0.121. The molecule has 0 radical (unpaired) electrons. The van der Waals surface area contributed by atoms with E-state index in [2.05, 4.69) is 25.9 Å². The number of hydrogen-bond donors (Lipinski definition) is 3. The highest BCUT2D eigenvalue weighted by atomic mass is 16.2. The second-order valence-corrected chi connectivity index (χ2v) is 5.07. The monoisotopic (exact) mass is 279 g/mol. The third kappa shape index (κ3) is 3.82. The molecule has 3 N–H and O–H groups in total. The molecule has 1 atom stereocenters. The second kappa shape index (κ2) is 7.07. The number of aromatic nitrogens is 2. The minimum absolute atomic E-state index is 0.0703. The molecule has 0 aliphatic heterocycles. The fourth-order valence-corrected chi connectivity index (χ4v) is 1.76. The summed E-state index contributed by atoms with van der Waals surface area (Å²) in [6.45, 7) is 10.7. The quantitative estimate of drug-likeness (QED) is 0.741. The summed E-state index contributed by atoms with van der Waals surface area (Å²) in [5.41, 5.74) is 0.923. The number of hydrogen-bond acceptors (Lipinski definition) is 5. The molecule has 0 saturated heterocycles. The van der Waals surface area contributed by atoms with Crippen molar-refractivity contribution < 1.29 is 4.79 Å². The highest BCUT2D eigenvalue weighted by molar-refractivity contribution is 5.84. The van der Waals surface area contributed by atoms with Crippen LogP contribution in [0.4, 0.5) is 11.6 Å². The Hall–Kier alpha value is -1.85. The number of anilines is 2. The van der Waals surface area contributed by atoms with E-state index in [1.807, 2.05) is 34.6 Å². The molecule has 1 unspecified atom stereocenters. The standard InChI is InChI=1S/C14H25N5O/c1-7-16-12-9(4)13(17-10(5)14(20)15-6)19-11(18-12)8(2)3/h8,10H,7H2,1-6H3,(H,15,20)(H2,16,17,18,19). The fraction of sp³-hybridized carbons (Fsp3) is 0.643. The lowest BCUT2D eigenvalue weighted by atomic mass is 10.2. The average Bonchev–Trinajstić information content (AvgIpc) is 2.41. The van der Waals surface area contributed by atoms with Crippen LogP contribution in [0.5, 0.6) is 0 Å². The maximum atomic E-state index is 11.6. The summed E-state index contributed by atoms with van der Waals surface area (Å²) in [6, 6.07) is -0.344. The Labute approximate surface area is 120 Å². The summed E-state index contributed by atoms with van der Waals surface area (Å²) < 4.78 is 0. The van der Waals surface area contributed by atoms with E-state index < -0.39 is 0 Å². The molecule has 6 heteroatoms. The van der Waals surface area contributed by atoms with Crippen LogP contribution in [0, 0.1) is 6.92 Å². The first-order valence-electron chi connectivity index (χ1n) is 7.01. The second-order valence-electron chi connectivity index (χ2n) is 5.07. The van der Waals surface area contributed by atoms with Crippen molar-refractivity contribution in [1.29, 1.82) is 0 Å². The molecule has 1 aromatic heterocycles. The Morgan fingerprint density at radius 2 is 1.80 bits per heavy atom. The van der Waals surface area contributed by atoms with E-state index in [-0.39, 0.29) is 17.9 Å². The van der Waals surface area contributed by atoms with Gasteiger partial charge in [-0.1, -0.05) is 13.8 Å². The Bertz CT molecular complexity index is 473. The Morgan fingerprint density at radius 1 is 1.20 bits per heavy atom. The van der Waals surface area contributed by atoms with Crippen molar-refractivity contribution in [3.63, 3.8) is 0 Å². The summed E-state index contributed by atoms with van der Waals surface area (Å²) >= 11 is 0. The highest BCUT2D eigenvalue weighted by Crippen LogP contribution is 2.23. The van der Waals surface area contributed by atoms with E-state index in [4.69, 9.17) is 0 Å².